The van der Waals surface area contributed by atoms with E-state index < -0.39 is 0 Å². The minimum absolute atomic E-state index is 0. The van der Waals surface area contributed by atoms with E-state index in [1.54, 1.807) is 0 Å². The second-order valence-electron chi connectivity index (χ2n) is 9.88. The monoisotopic (exact) mass is 352 g/mol. The minimum atomic E-state index is 0. The van der Waals surface area contributed by atoms with E-state index in [9.17, 15) is 4.79 Å². The molecule has 0 aromatic heterocycles. The van der Waals surface area contributed by atoms with Crippen LogP contribution < -0.4 is 11.1 Å². The molecule has 3 nitrogen and oxygen atoms in total. The zero-order valence-electron chi connectivity index (χ0n) is 14.7. The number of nitrogens with two attached hydrogens (primary N) is 1. The Labute approximate surface area is 152 Å². The molecule has 0 aromatic carbocycles. The summed E-state index contributed by atoms with van der Waals surface area (Å²) in [4.78, 5) is 13.1. The molecular formula is C20H33ClN2O. The molecule has 0 aromatic rings. The molecule has 1 amide bonds. The molecule has 4 heteroatoms. The molecule has 6 fully saturated rings. The SMILES string of the molecule is Cl.NC1C2CCCC1CC(C(=O)NC13CC4CC(CC(C4)C1)C3)C2. The second-order valence-corrected chi connectivity index (χ2v) is 9.88. The van der Waals surface area contributed by atoms with Gasteiger partial charge in [-0.25, -0.2) is 0 Å². The van der Waals surface area contributed by atoms with Crippen LogP contribution in [-0.2, 0) is 4.79 Å². The van der Waals surface area contributed by atoms with Crippen molar-refractivity contribution in [2.24, 2.45) is 41.2 Å². The highest BCUT2D eigenvalue weighted by Gasteiger charge is 2.52. The maximum Gasteiger partial charge on any atom is 0.223 e. The Hall–Kier alpha value is -0.280. The number of hydrogen-bond acceptors (Lipinski definition) is 2. The van der Waals surface area contributed by atoms with Crippen molar-refractivity contribution in [2.75, 3.05) is 0 Å². The third-order valence-electron chi connectivity index (χ3n) is 8.21. The lowest BCUT2D eigenvalue weighted by Gasteiger charge is -2.57. The summed E-state index contributed by atoms with van der Waals surface area (Å²) in [5.74, 6) is 4.56. The van der Waals surface area contributed by atoms with Crippen LogP contribution in [-0.4, -0.2) is 17.5 Å². The Kier molecular flexibility index (Phi) is 4.40. The van der Waals surface area contributed by atoms with Crippen molar-refractivity contribution in [1.29, 1.82) is 0 Å². The molecule has 2 unspecified atom stereocenters. The fourth-order valence-electron chi connectivity index (χ4n) is 7.63. The Bertz CT molecular complexity index is 459. The van der Waals surface area contributed by atoms with Gasteiger partial charge >= 0.3 is 0 Å². The normalized spacial score (nSPS) is 51.8. The summed E-state index contributed by atoms with van der Waals surface area (Å²) in [6.45, 7) is 0. The third kappa shape index (κ3) is 2.80. The van der Waals surface area contributed by atoms with Crippen molar-refractivity contribution in [1.82, 2.24) is 5.32 Å². The Morgan fingerprint density at radius 1 is 0.875 bits per heavy atom. The fraction of sp³-hybridized carbons (Fsp3) is 0.950. The van der Waals surface area contributed by atoms with Crippen LogP contribution in [0.25, 0.3) is 0 Å². The van der Waals surface area contributed by atoms with E-state index in [0.717, 1.165) is 30.6 Å². The summed E-state index contributed by atoms with van der Waals surface area (Å²) in [5.41, 5.74) is 6.58. The Morgan fingerprint density at radius 2 is 1.38 bits per heavy atom. The van der Waals surface area contributed by atoms with Crippen LogP contribution in [0.15, 0.2) is 0 Å². The summed E-state index contributed by atoms with van der Waals surface area (Å²) in [5, 5.41) is 3.62. The fourth-order valence-corrected chi connectivity index (χ4v) is 7.63. The topological polar surface area (TPSA) is 55.1 Å². The molecule has 6 rings (SSSR count). The van der Waals surface area contributed by atoms with Crippen LogP contribution in [0.1, 0.15) is 70.6 Å². The zero-order valence-corrected chi connectivity index (χ0v) is 15.5. The van der Waals surface area contributed by atoms with E-state index >= 15 is 0 Å². The molecule has 24 heavy (non-hydrogen) atoms. The van der Waals surface area contributed by atoms with Gasteiger partial charge in [0.15, 0.2) is 0 Å². The summed E-state index contributed by atoms with van der Waals surface area (Å²) in [7, 11) is 0. The predicted octanol–water partition coefficient (Wildman–Crippen LogP) is 3.65. The van der Waals surface area contributed by atoms with Gasteiger partial charge in [0.25, 0.3) is 0 Å². The van der Waals surface area contributed by atoms with Crippen LogP contribution in [0.3, 0.4) is 0 Å². The molecule has 0 spiro atoms. The van der Waals surface area contributed by atoms with Gasteiger partial charge in [-0.05, 0) is 93.8 Å². The van der Waals surface area contributed by atoms with Crippen molar-refractivity contribution in [3.8, 4) is 0 Å². The molecule has 6 aliphatic carbocycles. The highest BCUT2D eigenvalue weighted by Crippen LogP contribution is 2.55. The maximum atomic E-state index is 13.1. The first-order valence-corrected chi connectivity index (χ1v) is 10.2. The number of carbonyl (C=O) groups is 1. The van der Waals surface area contributed by atoms with Crippen molar-refractivity contribution in [3.63, 3.8) is 0 Å². The number of amides is 1. The number of hydrogen-bond donors (Lipinski definition) is 2. The number of fused-ring (bicyclic) bond motifs is 2. The van der Waals surface area contributed by atoms with Gasteiger partial charge in [0.1, 0.15) is 0 Å². The molecule has 0 saturated heterocycles. The highest BCUT2D eigenvalue weighted by atomic mass is 35.5. The van der Waals surface area contributed by atoms with Gasteiger partial charge in [0.05, 0.1) is 0 Å². The lowest BCUT2D eigenvalue weighted by atomic mass is 9.53. The van der Waals surface area contributed by atoms with Crippen molar-refractivity contribution >= 4 is 18.3 Å². The van der Waals surface area contributed by atoms with Crippen LogP contribution >= 0.6 is 12.4 Å². The van der Waals surface area contributed by atoms with E-state index in [2.05, 4.69) is 5.32 Å². The Balaban J connectivity index is 0.00000146. The molecule has 136 valence electrons. The van der Waals surface area contributed by atoms with Gasteiger partial charge in [-0.3, -0.25) is 4.79 Å². The number of nitrogens with one attached hydrogen (secondary N) is 1. The summed E-state index contributed by atoms with van der Waals surface area (Å²) in [6.07, 6.45) is 14.1. The summed E-state index contributed by atoms with van der Waals surface area (Å²) < 4.78 is 0. The first-order valence-electron chi connectivity index (χ1n) is 10.2. The Morgan fingerprint density at radius 3 is 1.88 bits per heavy atom. The van der Waals surface area contributed by atoms with Gasteiger partial charge < -0.3 is 11.1 Å². The molecule has 0 heterocycles. The second kappa shape index (κ2) is 6.16. The lowest BCUT2D eigenvalue weighted by Crippen LogP contribution is -2.61. The number of carbonyl (C=O) groups excluding carboxylic acids is 1. The highest BCUT2D eigenvalue weighted by molar-refractivity contribution is 5.85. The van der Waals surface area contributed by atoms with E-state index in [0.29, 0.717) is 23.8 Å². The lowest BCUT2D eigenvalue weighted by molar-refractivity contribution is -0.133. The van der Waals surface area contributed by atoms with E-state index in [1.165, 1.54) is 57.8 Å². The van der Waals surface area contributed by atoms with Crippen LogP contribution in [0.5, 0.6) is 0 Å². The number of rotatable bonds is 2. The van der Waals surface area contributed by atoms with Gasteiger partial charge in [-0.1, -0.05) is 6.42 Å². The van der Waals surface area contributed by atoms with Gasteiger partial charge in [-0.2, -0.15) is 0 Å². The van der Waals surface area contributed by atoms with Crippen LogP contribution in [0.4, 0.5) is 0 Å². The first-order chi connectivity index (χ1) is 11.1. The van der Waals surface area contributed by atoms with Crippen molar-refractivity contribution < 1.29 is 4.79 Å². The quantitative estimate of drug-likeness (QED) is 0.797. The summed E-state index contributed by atoms with van der Waals surface area (Å²) in [6, 6.07) is 0.368. The molecule has 3 N–H and O–H groups in total. The molecule has 2 atom stereocenters. The average molecular weight is 353 g/mol. The van der Waals surface area contributed by atoms with Gasteiger partial charge in [0, 0.05) is 17.5 Å². The van der Waals surface area contributed by atoms with E-state index in [1.807, 2.05) is 0 Å². The average Bonchev–Trinajstić information content (AvgIpc) is 2.44. The van der Waals surface area contributed by atoms with Crippen LogP contribution in [0, 0.1) is 35.5 Å². The zero-order chi connectivity index (χ0) is 15.6. The molecule has 0 radical (unpaired) electrons. The molecule has 6 aliphatic rings. The van der Waals surface area contributed by atoms with E-state index in [-0.39, 0.29) is 23.9 Å². The minimum Gasteiger partial charge on any atom is -0.350 e. The van der Waals surface area contributed by atoms with Crippen LogP contribution in [0.2, 0.25) is 0 Å². The largest absolute Gasteiger partial charge is 0.350 e. The van der Waals surface area contributed by atoms with Gasteiger partial charge in [0.2, 0.25) is 5.91 Å². The molecular weight excluding hydrogens is 320 g/mol. The van der Waals surface area contributed by atoms with Crippen molar-refractivity contribution in [2.45, 2.75) is 82.2 Å². The standard InChI is InChI=1S/C20H32N2O.ClH/c21-18-15-2-1-3-16(18)8-17(7-15)19(23)22-20-9-12-4-13(10-20)6-14(5-12)11-20;/h12-18H,1-11,21H2,(H,22,23);1H. The van der Waals surface area contributed by atoms with E-state index in [4.69, 9.17) is 5.73 Å². The molecule has 6 saturated carbocycles. The number of halogens is 1. The molecule has 0 aliphatic heterocycles. The third-order valence-corrected chi connectivity index (χ3v) is 8.21. The van der Waals surface area contributed by atoms with Crippen molar-refractivity contribution in [3.05, 3.63) is 0 Å². The molecule has 6 bridgehead atoms. The predicted molar refractivity (Wildman–Crippen MR) is 97.8 cm³/mol. The maximum absolute atomic E-state index is 13.1. The first kappa shape index (κ1) is 17.1. The van der Waals surface area contributed by atoms with Gasteiger partial charge in [-0.15, -0.1) is 12.4 Å². The smallest absolute Gasteiger partial charge is 0.223 e. The summed E-state index contributed by atoms with van der Waals surface area (Å²) >= 11 is 0.